The van der Waals surface area contributed by atoms with Crippen LogP contribution in [0.2, 0.25) is 0 Å². The van der Waals surface area contributed by atoms with E-state index in [4.69, 9.17) is 19.2 Å². The molecule has 0 bridgehead atoms. The second-order valence-electron chi connectivity index (χ2n) is 5.77. The molecule has 0 aliphatic heterocycles. The lowest BCUT2D eigenvalue weighted by atomic mass is 10.1. The van der Waals surface area contributed by atoms with Crippen molar-refractivity contribution in [2.45, 2.75) is 33.1 Å². The van der Waals surface area contributed by atoms with Crippen LogP contribution in [0.3, 0.4) is 0 Å². The van der Waals surface area contributed by atoms with Gasteiger partial charge in [0.2, 0.25) is 0 Å². The summed E-state index contributed by atoms with van der Waals surface area (Å²) in [4.78, 5) is 6.92. The highest BCUT2D eigenvalue weighted by Gasteiger charge is 2.13. The maximum atomic E-state index is 5.50. The first-order chi connectivity index (χ1) is 12.1. The van der Waals surface area contributed by atoms with Gasteiger partial charge < -0.3 is 24.4 Å². The molecule has 0 radical (unpaired) electrons. The van der Waals surface area contributed by atoms with E-state index in [1.807, 2.05) is 12.1 Å². The van der Waals surface area contributed by atoms with E-state index in [0.29, 0.717) is 12.3 Å². The lowest BCUT2D eigenvalue weighted by Crippen LogP contribution is -2.39. The molecule has 0 saturated carbocycles. The molecular weight excluding hydrogens is 318 g/mol. The number of unbranched alkanes of at least 4 members (excludes halogenated alkanes) is 1. The van der Waals surface area contributed by atoms with Crippen molar-refractivity contribution in [1.82, 2.24) is 10.2 Å². The Kier molecular flexibility index (Phi) is 9.58. The number of aliphatic imine (C=N–C) groups is 1. The topological polar surface area (TPSA) is 55.3 Å². The van der Waals surface area contributed by atoms with Crippen LogP contribution in [-0.4, -0.2) is 58.9 Å². The number of guanidine groups is 1. The second-order valence-corrected chi connectivity index (χ2v) is 5.77. The van der Waals surface area contributed by atoms with Crippen LogP contribution in [0.25, 0.3) is 0 Å². The smallest absolute Gasteiger partial charge is 0.193 e. The van der Waals surface area contributed by atoms with Crippen LogP contribution >= 0.6 is 0 Å². The Balaban J connectivity index is 2.90. The molecule has 0 aliphatic carbocycles. The van der Waals surface area contributed by atoms with Crippen molar-refractivity contribution in [3.63, 3.8) is 0 Å². The first kappa shape index (κ1) is 20.9. The molecular formula is C19H33N3O3. The Morgan fingerprint density at radius 1 is 1.08 bits per heavy atom. The fourth-order valence-corrected chi connectivity index (χ4v) is 2.57. The zero-order chi connectivity index (χ0) is 18.7. The van der Waals surface area contributed by atoms with Gasteiger partial charge in [-0.2, -0.15) is 0 Å². The average molecular weight is 351 g/mol. The average Bonchev–Trinajstić information content (AvgIpc) is 2.64. The Bertz CT molecular complexity index is 522. The van der Waals surface area contributed by atoms with E-state index < -0.39 is 0 Å². The zero-order valence-corrected chi connectivity index (χ0v) is 16.5. The predicted octanol–water partition coefficient (Wildman–Crippen LogP) is 2.95. The zero-order valence-electron chi connectivity index (χ0n) is 16.5. The van der Waals surface area contributed by atoms with Gasteiger partial charge in [-0.1, -0.05) is 13.3 Å². The summed E-state index contributed by atoms with van der Waals surface area (Å²) < 4.78 is 16.3. The van der Waals surface area contributed by atoms with Gasteiger partial charge in [-0.3, -0.25) is 4.99 Å². The molecule has 0 spiro atoms. The minimum Gasteiger partial charge on any atom is -0.496 e. The Hall–Kier alpha value is -2.11. The highest BCUT2D eigenvalue weighted by atomic mass is 16.5. The van der Waals surface area contributed by atoms with Crippen molar-refractivity contribution < 1.29 is 14.2 Å². The summed E-state index contributed by atoms with van der Waals surface area (Å²) in [5, 5.41) is 3.35. The van der Waals surface area contributed by atoms with E-state index in [1.54, 1.807) is 21.3 Å². The Morgan fingerprint density at radius 3 is 2.20 bits per heavy atom. The number of nitrogens with one attached hydrogen (secondary N) is 1. The molecule has 25 heavy (non-hydrogen) atoms. The van der Waals surface area contributed by atoms with Gasteiger partial charge in [-0.25, -0.2) is 0 Å². The largest absolute Gasteiger partial charge is 0.496 e. The summed E-state index contributed by atoms with van der Waals surface area (Å²) in [5.41, 5.74) is 1.00. The third-order valence-electron chi connectivity index (χ3n) is 3.98. The van der Waals surface area contributed by atoms with E-state index >= 15 is 0 Å². The van der Waals surface area contributed by atoms with Crippen LogP contribution in [0, 0.1) is 0 Å². The fourth-order valence-electron chi connectivity index (χ4n) is 2.57. The van der Waals surface area contributed by atoms with Crippen molar-refractivity contribution in [3.8, 4) is 17.2 Å². The molecule has 1 aromatic rings. The number of benzene rings is 1. The van der Waals surface area contributed by atoms with Crippen LogP contribution in [-0.2, 0) is 6.42 Å². The molecule has 1 N–H and O–H groups in total. The summed E-state index contributed by atoms with van der Waals surface area (Å²) in [6.45, 7) is 6.78. The highest BCUT2D eigenvalue weighted by Crippen LogP contribution is 2.34. The number of rotatable bonds is 10. The minimum atomic E-state index is 0.651. The van der Waals surface area contributed by atoms with Gasteiger partial charge in [0.05, 0.1) is 21.3 Å². The monoisotopic (exact) mass is 351 g/mol. The van der Waals surface area contributed by atoms with Crippen LogP contribution in [0.4, 0.5) is 0 Å². The van der Waals surface area contributed by atoms with Gasteiger partial charge in [0.15, 0.2) is 5.96 Å². The molecule has 0 heterocycles. The Labute approximate surface area is 152 Å². The normalized spacial score (nSPS) is 11.2. The number of ether oxygens (including phenoxy) is 3. The first-order valence-electron chi connectivity index (χ1n) is 8.89. The van der Waals surface area contributed by atoms with E-state index in [2.05, 4.69) is 31.1 Å². The molecule has 6 heteroatoms. The Morgan fingerprint density at radius 2 is 1.72 bits per heavy atom. The molecule has 1 rings (SSSR count). The third-order valence-corrected chi connectivity index (χ3v) is 3.98. The molecule has 0 amide bonds. The summed E-state index contributed by atoms with van der Waals surface area (Å²) in [5.74, 6) is 3.17. The first-order valence-corrected chi connectivity index (χ1v) is 8.89. The van der Waals surface area contributed by atoms with Crippen molar-refractivity contribution in [2.75, 3.05) is 48.0 Å². The molecule has 0 aromatic heterocycles. The molecule has 0 unspecified atom stereocenters. The lowest BCUT2D eigenvalue weighted by molar-refractivity contribution is 0.369. The number of methoxy groups -OCH3 is 3. The number of nitrogens with zero attached hydrogens (tertiary/aromatic N) is 2. The van der Waals surface area contributed by atoms with E-state index in [0.717, 1.165) is 49.0 Å². The van der Waals surface area contributed by atoms with Crippen molar-refractivity contribution >= 4 is 5.96 Å². The van der Waals surface area contributed by atoms with Gasteiger partial charge in [0, 0.05) is 44.4 Å². The maximum absolute atomic E-state index is 5.50. The number of hydrogen-bond acceptors (Lipinski definition) is 4. The SMILES string of the molecule is CCCCN(C)C(=NCCc1c(OC)cc(OC)cc1OC)NCC. The van der Waals surface area contributed by atoms with E-state index in [1.165, 1.54) is 6.42 Å². The summed E-state index contributed by atoms with van der Waals surface area (Å²) in [7, 11) is 7.02. The van der Waals surface area contributed by atoms with Crippen molar-refractivity contribution in [3.05, 3.63) is 17.7 Å². The van der Waals surface area contributed by atoms with Crippen molar-refractivity contribution in [1.29, 1.82) is 0 Å². The van der Waals surface area contributed by atoms with Crippen molar-refractivity contribution in [2.24, 2.45) is 4.99 Å². The van der Waals surface area contributed by atoms with Gasteiger partial charge in [-0.15, -0.1) is 0 Å². The summed E-state index contributed by atoms with van der Waals surface area (Å²) in [6, 6.07) is 3.75. The molecule has 142 valence electrons. The molecule has 6 nitrogen and oxygen atoms in total. The standard InChI is InChI=1S/C19H33N3O3/c1-7-9-12-22(3)19(20-8-2)21-11-10-16-17(24-5)13-15(23-4)14-18(16)25-6/h13-14H,7-12H2,1-6H3,(H,20,21). The summed E-state index contributed by atoms with van der Waals surface area (Å²) >= 11 is 0. The highest BCUT2D eigenvalue weighted by molar-refractivity contribution is 5.79. The molecule has 0 fully saturated rings. The number of hydrogen-bond donors (Lipinski definition) is 1. The summed E-state index contributed by atoms with van der Waals surface area (Å²) in [6.07, 6.45) is 3.05. The van der Waals surface area contributed by atoms with Gasteiger partial charge in [0.1, 0.15) is 17.2 Å². The van der Waals surface area contributed by atoms with E-state index in [-0.39, 0.29) is 0 Å². The van der Waals surface area contributed by atoms with E-state index in [9.17, 15) is 0 Å². The van der Waals surface area contributed by atoms with Crippen LogP contribution < -0.4 is 19.5 Å². The second kappa shape index (κ2) is 11.4. The van der Waals surface area contributed by atoms with Crippen LogP contribution in [0.5, 0.6) is 17.2 Å². The maximum Gasteiger partial charge on any atom is 0.193 e. The third kappa shape index (κ3) is 6.36. The van der Waals surface area contributed by atoms with Gasteiger partial charge in [0.25, 0.3) is 0 Å². The molecule has 0 atom stereocenters. The van der Waals surface area contributed by atoms with Gasteiger partial charge >= 0.3 is 0 Å². The molecule has 1 aromatic carbocycles. The van der Waals surface area contributed by atoms with Gasteiger partial charge in [-0.05, 0) is 19.8 Å². The lowest BCUT2D eigenvalue weighted by Gasteiger charge is -2.22. The molecule has 0 aliphatic rings. The fraction of sp³-hybridized carbons (Fsp3) is 0.632. The molecule has 0 saturated heterocycles. The van der Waals surface area contributed by atoms with Crippen LogP contribution in [0.15, 0.2) is 17.1 Å². The minimum absolute atomic E-state index is 0.651. The predicted molar refractivity (Wildman–Crippen MR) is 103 cm³/mol. The van der Waals surface area contributed by atoms with Crippen LogP contribution in [0.1, 0.15) is 32.3 Å². The quantitative estimate of drug-likeness (QED) is 0.519.